The van der Waals surface area contributed by atoms with Crippen LogP contribution >= 0.6 is 0 Å². The van der Waals surface area contributed by atoms with Gasteiger partial charge in [0, 0.05) is 19.6 Å². The summed E-state index contributed by atoms with van der Waals surface area (Å²) >= 11 is 0. The van der Waals surface area contributed by atoms with Crippen LogP contribution in [-0.4, -0.2) is 30.9 Å². The molecule has 0 spiro atoms. The minimum Gasteiger partial charge on any atom is -0.391 e. The van der Waals surface area contributed by atoms with Crippen LogP contribution < -0.4 is 0 Å². The maximum atomic E-state index is 6.03. The third-order valence-corrected chi connectivity index (χ3v) is 6.34. The van der Waals surface area contributed by atoms with Crippen molar-refractivity contribution >= 4 is 5.71 Å². The van der Waals surface area contributed by atoms with Crippen molar-refractivity contribution in [2.75, 3.05) is 14.2 Å². The number of nitrogens with zero attached hydrogens (tertiary/aromatic N) is 2. The highest BCUT2D eigenvalue weighted by Gasteiger charge is 2.41. The fourth-order valence-corrected chi connectivity index (χ4v) is 4.48. The Kier molecular flexibility index (Phi) is 7.03. The number of oxime groups is 1. The second kappa shape index (κ2) is 10.1. The Labute approximate surface area is 191 Å². The number of hydrogen-bond donors (Lipinski definition) is 0. The summed E-state index contributed by atoms with van der Waals surface area (Å²) in [6, 6.07) is 27.9. The van der Waals surface area contributed by atoms with Crippen LogP contribution in [0.5, 0.6) is 0 Å². The first-order valence-electron chi connectivity index (χ1n) is 11.2. The predicted octanol–water partition coefficient (Wildman–Crippen LogP) is 6.01. The zero-order chi connectivity index (χ0) is 22.5. The first-order valence-corrected chi connectivity index (χ1v) is 11.2. The summed E-state index contributed by atoms with van der Waals surface area (Å²) in [5.74, 6) is 0. The molecule has 32 heavy (non-hydrogen) atoms. The van der Waals surface area contributed by atoms with E-state index in [9.17, 15) is 0 Å². The fraction of sp³-hybridized carbons (Fsp3) is 0.321. The zero-order valence-corrected chi connectivity index (χ0v) is 19.4. The van der Waals surface area contributed by atoms with E-state index >= 15 is 0 Å². The molecule has 1 fully saturated rings. The maximum Gasteiger partial charge on any atom is 0.142 e. The Hall–Kier alpha value is -2.95. The van der Waals surface area contributed by atoms with E-state index in [0.29, 0.717) is 6.61 Å². The highest BCUT2D eigenvalue weighted by Crippen LogP contribution is 2.40. The molecule has 4 rings (SSSR count). The standard InChI is InChI=1S/C28H32N2O2/c1-20-10-14-23(15-11-20)26-18-25(29-32-19-22-8-6-5-7-9-22)28(31-4)27(30(26)3)24-16-12-21(2)13-17-24/h5-17,26-28H,18-19H2,1-4H3/b29-25-. The van der Waals surface area contributed by atoms with Crippen LogP contribution in [0.25, 0.3) is 0 Å². The topological polar surface area (TPSA) is 34.1 Å². The van der Waals surface area contributed by atoms with E-state index in [0.717, 1.165) is 17.7 Å². The van der Waals surface area contributed by atoms with Crippen molar-refractivity contribution < 1.29 is 9.57 Å². The third-order valence-electron chi connectivity index (χ3n) is 6.34. The first-order chi connectivity index (χ1) is 15.6. The van der Waals surface area contributed by atoms with E-state index in [-0.39, 0.29) is 18.2 Å². The van der Waals surface area contributed by atoms with Crippen molar-refractivity contribution in [3.8, 4) is 0 Å². The van der Waals surface area contributed by atoms with Crippen molar-refractivity contribution in [1.82, 2.24) is 4.90 Å². The normalized spacial score (nSPS) is 22.8. The molecule has 3 unspecified atom stereocenters. The van der Waals surface area contributed by atoms with Gasteiger partial charge in [0.15, 0.2) is 0 Å². The first kappa shape index (κ1) is 22.3. The highest BCUT2D eigenvalue weighted by atomic mass is 16.6. The van der Waals surface area contributed by atoms with E-state index in [1.807, 2.05) is 30.3 Å². The zero-order valence-electron chi connectivity index (χ0n) is 19.4. The number of benzene rings is 3. The van der Waals surface area contributed by atoms with Crippen LogP contribution in [0, 0.1) is 13.8 Å². The van der Waals surface area contributed by atoms with Gasteiger partial charge in [-0.15, -0.1) is 0 Å². The summed E-state index contributed by atoms with van der Waals surface area (Å²) in [4.78, 5) is 8.24. The minimum atomic E-state index is -0.180. The predicted molar refractivity (Wildman–Crippen MR) is 130 cm³/mol. The number of aryl methyl sites for hydroxylation is 2. The molecule has 1 aliphatic heterocycles. The quantitative estimate of drug-likeness (QED) is 0.451. The van der Waals surface area contributed by atoms with E-state index in [1.54, 1.807) is 7.11 Å². The van der Waals surface area contributed by atoms with Gasteiger partial charge in [0.05, 0.1) is 11.8 Å². The van der Waals surface area contributed by atoms with Gasteiger partial charge in [-0.1, -0.05) is 95.1 Å². The Balaban J connectivity index is 1.67. The van der Waals surface area contributed by atoms with Gasteiger partial charge < -0.3 is 9.57 Å². The van der Waals surface area contributed by atoms with E-state index in [2.05, 4.69) is 79.5 Å². The average Bonchev–Trinajstić information content (AvgIpc) is 2.81. The van der Waals surface area contributed by atoms with Crippen molar-refractivity contribution in [2.45, 2.75) is 45.1 Å². The lowest BCUT2D eigenvalue weighted by molar-refractivity contribution is 0.0212. The number of piperidine rings is 1. The monoisotopic (exact) mass is 428 g/mol. The smallest absolute Gasteiger partial charge is 0.142 e. The molecule has 3 aromatic rings. The molecule has 4 heteroatoms. The van der Waals surface area contributed by atoms with Gasteiger partial charge in [0.25, 0.3) is 0 Å². The molecule has 0 bridgehead atoms. The van der Waals surface area contributed by atoms with Gasteiger partial charge >= 0.3 is 0 Å². The minimum absolute atomic E-state index is 0.0414. The van der Waals surface area contributed by atoms with Crippen molar-refractivity contribution in [3.63, 3.8) is 0 Å². The van der Waals surface area contributed by atoms with Crippen molar-refractivity contribution in [1.29, 1.82) is 0 Å². The molecule has 0 amide bonds. The molecular weight excluding hydrogens is 396 g/mol. The molecule has 0 radical (unpaired) electrons. The van der Waals surface area contributed by atoms with Gasteiger partial charge in [-0.25, -0.2) is 0 Å². The maximum absolute atomic E-state index is 6.03. The number of hydrogen-bond acceptors (Lipinski definition) is 4. The van der Waals surface area contributed by atoms with Crippen LogP contribution in [0.3, 0.4) is 0 Å². The van der Waals surface area contributed by atoms with Crippen LogP contribution in [0.15, 0.2) is 84.0 Å². The summed E-state index contributed by atoms with van der Waals surface area (Å²) in [6.45, 7) is 4.68. The molecule has 0 saturated carbocycles. The number of likely N-dealkylation sites (N-methyl/N-ethyl adjacent to an activating group) is 1. The summed E-state index contributed by atoms with van der Waals surface area (Å²) < 4.78 is 6.03. The molecule has 1 aliphatic rings. The summed E-state index contributed by atoms with van der Waals surface area (Å²) in [6.07, 6.45) is 0.579. The molecule has 1 heterocycles. The summed E-state index contributed by atoms with van der Waals surface area (Å²) in [5.41, 5.74) is 7.05. The van der Waals surface area contributed by atoms with Crippen molar-refractivity contribution in [3.05, 3.63) is 107 Å². The molecule has 4 nitrogen and oxygen atoms in total. The molecule has 166 valence electrons. The Morgan fingerprint density at radius 3 is 2.03 bits per heavy atom. The second-order valence-corrected chi connectivity index (χ2v) is 8.65. The third kappa shape index (κ3) is 4.93. The molecule has 3 atom stereocenters. The van der Waals surface area contributed by atoms with Gasteiger partial charge in [0.2, 0.25) is 0 Å². The lowest BCUT2D eigenvalue weighted by Crippen LogP contribution is -2.47. The number of methoxy groups -OCH3 is 1. The molecule has 3 aromatic carbocycles. The lowest BCUT2D eigenvalue weighted by Gasteiger charge is -2.44. The SMILES string of the molecule is COC1/C(=N\OCc2ccccc2)CC(c2ccc(C)cc2)N(C)C1c1ccc(C)cc1. The second-order valence-electron chi connectivity index (χ2n) is 8.65. The fourth-order valence-electron chi connectivity index (χ4n) is 4.48. The summed E-state index contributed by atoms with van der Waals surface area (Å²) in [5, 5.41) is 4.62. The largest absolute Gasteiger partial charge is 0.391 e. The van der Waals surface area contributed by atoms with Crippen LogP contribution in [0.1, 0.15) is 46.3 Å². The number of likely N-dealkylation sites (tertiary alicyclic amines) is 1. The van der Waals surface area contributed by atoms with E-state index in [1.165, 1.54) is 22.3 Å². The molecule has 0 N–H and O–H groups in total. The van der Waals surface area contributed by atoms with Gasteiger partial charge in [-0.2, -0.15) is 0 Å². The van der Waals surface area contributed by atoms with Gasteiger partial charge in [0.1, 0.15) is 12.7 Å². The number of rotatable bonds is 6. The van der Waals surface area contributed by atoms with Gasteiger partial charge in [-0.3, -0.25) is 4.90 Å². The molecular formula is C28H32N2O2. The van der Waals surface area contributed by atoms with E-state index < -0.39 is 0 Å². The number of ether oxygens (including phenoxy) is 1. The lowest BCUT2D eigenvalue weighted by atomic mass is 9.84. The molecule has 0 aromatic heterocycles. The Morgan fingerprint density at radius 2 is 1.44 bits per heavy atom. The van der Waals surface area contributed by atoms with E-state index in [4.69, 9.17) is 9.57 Å². The Morgan fingerprint density at radius 1 is 0.844 bits per heavy atom. The van der Waals surface area contributed by atoms with Gasteiger partial charge in [-0.05, 0) is 37.6 Å². The summed E-state index contributed by atoms with van der Waals surface area (Å²) in [7, 11) is 3.95. The molecule has 1 saturated heterocycles. The van der Waals surface area contributed by atoms with Crippen LogP contribution in [0.2, 0.25) is 0 Å². The van der Waals surface area contributed by atoms with Crippen molar-refractivity contribution in [2.24, 2.45) is 5.16 Å². The highest BCUT2D eigenvalue weighted by molar-refractivity contribution is 5.90. The van der Waals surface area contributed by atoms with Crippen LogP contribution in [-0.2, 0) is 16.2 Å². The molecule has 0 aliphatic carbocycles. The van der Waals surface area contributed by atoms with Crippen LogP contribution in [0.4, 0.5) is 0 Å². The Bertz CT molecular complexity index is 1030. The average molecular weight is 429 g/mol.